The van der Waals surface area contributed by atoms with Crippen LogP contribution in [0.1, 0.15) is 49.7 Å². The first-order valence-electron chi connectivity index (χ1n) is 8.45. The number of hydrogen-bond acceptors (Lipinski definition) is 3. The highest BCUT2D eigenvalue weighted by atomic mass is 16.5. The van der Waals surface area contributed by atoms with Crippen molar-refractivity contribution in [1.29, 1.82) is 0 Å². The summed E-state index contributed by atoms with van der Waals surface area (Å²) in [7, 11) is 1.68. The lowest BCUT2D eigenvalue weighted by atomic mass is 10.0. The molecule has 130 valence electrons. The highest BCUT2D eigenvalue weighted by Gasteiger charge is 2.14. The first kappa shape index (κ1) is 18.0. The second-order valence-electron chi connectivity index (χ2n) is 6.01. The SMILES string of the molecule is COc1ccc2c(c1)C(CCCCNC(=O)CCCC(=O)O)=CC2. The minimum Gasteiger partial charge on any atom is -0.497 e. The fourth-order valence-corrected chi connectivity index (χ4v) is 2.90. The zero-order valence-corrected chi connectivity index (χ0v) is 14.1. The van der Waals surface area contributed by atoms with Gasteiger partial charge in [-0.3, -0.25) is 9.59 Å². The number of carbonyl (C=O) groups is 2. The Bertz CT molecular complexity index is 622. The predicted octanol–water partition coefficient (Wildman–Crippen LogP) is 3.18. The Morgan fingerprint density at radius 1 is 1.21 bits per heavy atom. The second-order valence-corrected chi connectivity index (χ2v) is 6.01. The number of aliphatic carboxylic acids is 1. The van der Waals surface area contributed by atoms with Gasteiger partial charge in [-0.05, 0) is 60.9 Å². The van der Waals surface area contributed by atoms with Gasteiger partial charge in [0.2, 0.25) is 5.91 Å². The number of hydrogen-bond donors (Lipinski definition) is 2. The van der Waals surface area contributed by atoms with Crippen LogP contribution in [0.3, 0.4) is 0 Å². The number of carboxylic acids is 1. The van der Waals surface area contributed by atoms with Gasteiger partial charge in [-0.1, -0.05) is 12.1 Å². The third-order valence-corrected chi connectivity index (χ3v) is 4.22. The van der Waals surface area contributed by atoms with Crippen molar-refractivity contribution in [3.05, 3.63) is 35.4 Å². The number of methoxy groups -OCH3 is 1. The Balaban J connectivity index is 1.64. The Labute approximate surface area is 142 Å². The van der Waals surface area contributed by atoms with E-state index in [9.17, 15) is 9.59 Å². The predicted molar refractivity (Wildman–Crippen MR) is 93.0 cm³/mol. The average molecular weight is 331 g/mol. The molecule has 5 nitrogen and oxygen atoms in total. The fourth-order valence-electron chi connectivity index (χ4n) is 2.90. The van der Waals surface area contributed by atoms with E-state index >= 15 is 0 Å². The van der Waals surface area contributed by atoms with E-state index in [1.54, 1.807) is 7.11 Å². The van der Waals surface area contributed by atoms with Crippen LogP contribution in [0.25, 0.3) is 5.57 Å². The Hall–Kier alpha value is -2.30. The van der Waals surface area contributed by atoms with Crippen molar-refractivity contribution in [2.24, 2.45) is 0 Å². The summed E-state index contributed by atoms with van der Waals surface area (Å²) in [6, 6.07) is 6.21. The van der Waals surface area contributed by atoms with E-state index in [0.717, 1.165) is 31.4 Å². The minimum atomic E-state index is -0.857. The van der Waals surface area contributed by atoms with Crippen molar-refractivity contribution in [1.82, 2.24) is 5.32 Å². The third-order valence-electron chi connectivity index (χ3n) is 4.22. The Morgan fingerprint density at radius 3 is 2.79 bits per heavy atom. The molecule has 0 saturated carbocycles. The molecule has 1 aromatic carbocycles. The maximum atomic E-state index is 11.5. The number of rotatable bonds is 10. The minimum absolute atomic E-state index is 0.0461. The van der Waals surface area contributed by atoms with Gasteiger partial charge in [-0.15, -0.1) is 0 Å². The molecule has 0 atom stereocenters. The van der Waals surface area contributed by atoms with Crippen LogP contribution in [0.15, 0.2) is 24.3 Å². The molecule has 2 N–H and O–H groups in total. The smallest absolute Gasteiger partial charge is 0.303 e. The molecule has 0 unspecified atom stereocenters. The number of amides is 1. The molecule has 0 radical (unpaired) electrons. The first-order chi connectivity index (χ1) is 11.6. The largest absolute Gasteiger partial charge is 0.497 e. The average Bonchev–Trinajstić information content (AvgIpc) is 2.96. The highest BCUT2D eigenvalue weighted by molar-refractivity contribution is 5.76. The molecule has 0 heterocycles. The van der Waals surface area contributed by atoms with E-state index in [2.05, 4.69) is 23.5 Å². The number of carbonyl (C=O) groups excluding carboxylic acids is 1. The number of carboxylic acid groups (broad SMARTS) is 1. The lowest BCUT2D eigenvalue weighted by Crippen LogP contribution is -2.24. The molecule has 0 aliphatic heterocycles. The second kappa shape index (κ2) is 9.11. The van der Waals surface area contributed by atoms with E-state index in [1.807, 2.05) is 6.07 Å². The molecule has 1 amide bonds. The number of nitrogens with one attached hydrogen (secondary N) is 1. The van der Waals surface area contributed by atoms with Gasteiger partial charge in [0.25, 0.3) is 0 Å². The van der Waals surface area contributed by atoms with Gasteiger partial charge in [0.15, 0.2) is 0 Å². The molecule has 24 heavy (non-hydrogen) atoms. The quantitative estimate of drug-likeness (QED) is 0.646. The molecular formula is C19H25NO4. The van der Waals surface area contributed by atoms with E-state index in [0.29, 0.717) is 13.0 Å². The van der Waals surface area contributed by atoms with E-state index < -0.39 is 5.97 Å². The summed E-state index contributed by atoms with van der Waals surface area (Å²) in [6.45, 7) is 0.643. The molecule has 0 saturated heterocycles. The van der Waals surface area contributed by atoms with Crippen molar-refractivity contribution in [2.75, 3.05) is 13.7 Å². The van der Waals surface area contributed by atoms with E-state index in [-0.39, 0.29) is 18.7 Å². The summed E-state index contributed by atoms with van der Waals surface area (Å²) in [6.07, 6.45) is 6.90. The normalized spacial score (nSPS) is 12.5. The molecule has 0 spiro atoms. The van der Waals surface area contributed by atoms with Crippen LogP contribution in [0, 0.1) is 0 Å². The molecule has 0 aromatic heterocycles. The van der Waals surface area contributed by atoms with Crippen LogP contribution >= 0.6 is 0 Å². The van der Waals surface area contributed by atoms with E-state index in [4.69, 9.17) is 9.84 Å². The Kier molecular flexibility index (Phi) is 6.85. The van der Waals surface area contributed by atoms with Crippen LogP contribution < -0.4 is 10.1 Å². The van der Waals surface area contributed by atoms with Gasteiger partial charge in [0.1, 0.15) is 5.75 Å². The zero-order valence-electron chi connectivity index (χ0n) is 14.1. The topological polar surface area (TPSA) is 75.6 Å². The summed E-state index contributed by atoms with van der Waals surface area (Å²) >= 11 is 0. The van der Waals surface area contributed by atoms with Gasteiger partial charge in [-0.2, -0.15) is 0 Å². The van der Waals surface area contributed by atoms with Crippen LogP contribution in [-0.2, 0) is 16.0 Å². The molecule has 1 aromatic rings. The molecule has 0 bridgehead atoms. The summed E-state index contributed by atoms with van der Waals surface area (Å²) < 4.78 is 5.29. The third kappa shape index (κ3) is 5.41. The van der Waals surface area contributed by atoms with Gasteiger partial charge in [0, 0.05) is 19.4 Å². The maximum absolute atomic E-state index is 11.5. The van der Waals surface area contributed by atoms with E-state index in [1.165, 1.54) is 16.7 Å². The maximum Gasteiger partial charge on any atom is 0.303 e. The number of ether oxygens (including phenoxy) is 1. The zero-order chi connectivity index (χ0) is 17.4. The van der Waals surface area contributed by atoms with Crippen LogP contribution in [-0.4, -0.2) is 30.6 Å². The monoisotopic (exact) mass is 331 g/mol. The number of unbranched alkanes of at least 4 members (excludes halogenated alkanes) is 1. The highest BCUT2D eigenvalue weighted by Crippen LogP contribution is 2.33. The van der Waals surface area contributed by atoms with Crippen molar-refractivity contribution in [3.63, 3.8) is 0 Å². The van der Waals surface area contributed by atoms with Gasteiger partial charge < -0.3 is 15.2 Å². The first-order valence-corrected chi connectivity index (χ1v) is 8.45. The lowest BCUT2D eigenvalue weighted by Gasteiger charge is -2.09. The van der Waals surface area contributed by atoms with Crippen LogP contribution in [0.2, 0.25) is 0 Å². The number of allylic oxidation sites excluding steroid dienone is 2. The molecule has 1 aliphatic rings. The molecule has 0 fully saturated rings. The number of benzene rings is 1. The van der Waals surface area contributed by atoms with Gasteiger partial charge in [0.05, 0.1) is 7.11 Å². The van der Waals surface area contributed by atoms with Crippen LogP contribution in [0.5, 0.6) is 5.75 Å². The van der Waals surface area contributed by atoms with Gasteiger partial charge >= 0.3 is 5.97 Å². The van der Waals surface area contributed by atoms with Gasteiger partial charge in [-0.25, -0.2) is 0 Å². The number of fused-ring (bicyclic) bond motifs is 1. The lowest BCUT2D eigenvalue weighted by molar-refractivity contribution is -0.137. The summed E-state index contributed by atoms with van der Waals surface area (Å²) in [5, 5.41) is 11.4. The Morgan fingerprint density at radius 2 is 2.04 bits per heavy atom. The van der Waals surface area contributed by atoms with Crippen LogP contribution in [0.4, 0.5) is 0 Å². The fraction of sp³-hybridized carbons (Fsp3) is 0.474. The molecule has 2 rings (SSSR count). The van der Waals surface area contributed by atoms with Crippen molar-refractivity contribution in [3.8, 4) is 5.75 Å². The summed E-state index contributed by atoms with van der Waals surface area (Å²) in [5.41, 5.74) is 3.99. The summed E-state index contributed by atoms with van der Waals surface area (Å²) in [5.74, 6) is -0.0360. The summed E-state index contributed by atoms with van der Waals surface area (Å²) in [4.78, 5) is 21.9. The van der Waals surface area contributed by atoms with Crippen molar-refractivity contribution >= 4 is 17.4 Å². The standard InChI is InChI=1S/C19H25NO4/c1-24-16-11-10-15-9-8-14(17(15)13-16)5-2-3-12-20-18(21)6-4-7-19(22)23/h8,10-11,13H,2-7,9,12H2,1H3,(H,20,21)(H,22,23). The van der Waals surface area contributed by atoms with Crippen molar-refractivity contribution in [2.45, 2.75) is 44.9 Å². The molecule has 5 heteroatoms. The molecule has 1 aliphatic carbocycles. The van der Waals surface area contributed by atoms with Crippen molar-refractivity contribution < 1.29 is 19.4 Å². The molecular weight excluding hydrogens is 306 g/mol.